The Balaban J connectivity index is 2.96. The number of amides is 1. The molecule has 5 heteroatoms. The molecule has 96 valence electrons. The van der Waals surface area contributed by atoms with Crippen LogP contribution >= 0.6 is 0 Å². The van der Waals surface area contributed by atoms with Gasteiger partial charge in [-0.3, -0.25) is 4.79 Å². The van der Waals surface area contributed by atoms with E-state index in [4.69, 9.17) is 0 Å². The van der Waals surface area contributed by atoms with Crippen LogP contribution in [0.5, 0.6) is 0 Å². The second kappa shape index (κ2) is 12.4. The van der Waals surface area contributed by atoms with E-state index in [1.165, 1.54) is 6.42 Å². The van der Waals surface area contributed by atoms with Crippen LogP contribution in [0.25, 0.3) is 0 Å². The van der Waals surface area contributed by atoms with Crippen LogP contribution in [-0.2, 0) is 4.79 Å². The Morgan fingerprint density at radius 3 is 1.88 bits per heavy atom. The average Bonchev–Trinajstić information content (AvgIpc) is 2.31. The standard InChI is InChI=1S/C11H26N4O/c1-3-5-13-7-9-15-10-8-14-6-4-11(16)12-2/h13-15H,3-10H2,1-2H3,(H,12,16). The minimum atomic E-state index is 0.0872. The summed E-state index contributed by atoms with van der Waals surface area (Å²) in [5.41, 5.74) is 0. The summed E-state index contributed by atoms with van der Waals surface area (Å²) in [6, 6.07) is 0. The number of nitrogens with one attached hydrogen (secondary N) is 4. The normalized spacial score (nSPS) is 10.4. The van der Waals surface area contributed by atoms with Gasteiger partial charge in [-0.25, -0.2) is 0 Å². The third-order valence-electron chi connectivity index (χ3n) is 2.19. The van der Waals surface area contributed by atoms with Crippen molar-refractivity contribution in [3.8, 4) is 0 Å². The molecule has 0 spiro atoms. The van der Waals surface area contributed by atoms with Gasteiger partial charge in [0.1, 0.15) is 0 Å². The van der Waals surface area contributed by atoms with Gasteiger partial charge in [0.2, 0.25) is 5.91 Å². The predicted molar refractivity (Wildman–Crippen MR) is 67.6 cm³/mol. The van der Waals surface area contributed by atoms with E-state index in [1.54, 1.807) is 7.05 Å². The Morgan fingerprint density at radius 2 is 1.38 bits per heavy atom. The Kier molecular flexibility index (Phi) is 11.9. The van der Waals surface area contributed by atoms with Gasteiger partial charge in [-0.05, 0) is 13.0 Å². The van der Waals surface area contributed by atoms with E-state index < -0.39 is 0 Å². The maximum absolute atomic E-state index is 10.9. The first-order valence-corrected chi connectivity index (χ1v) is 6.14. The van der Waals surface area contributed by atoms with Gasteiger partial charge in [0.25, 0.3) is 0 Å². The van der Waals surface area contributed by atoms with E-state index in [-0.39, 0.29) is 5.91 Å². The van der Waals surface area contributed by atoms with Crippen molar-refractivity contribution in [1.82, 2.24) is 21.3 Å². The summed E-state index contributed by atoms with van der Waals surface area (Å²) in [6.45, 7) is 7.87. The molecule has 0 atom stereocenters. The fraction of sp³-hybridized carbons (Fsp3) is 0.909. The second-order valence-electron chi connectivity index (χ2n) is 3.67. The van der Waals surface area contributed by atoms with Crippen molar-refractivity contribution in [1.29, 1.82) is 0 Å². The highest BCUT2D eigenvalue weighted by atomic mass is 16.1. The second-order valence-corrected chi connectivity index (χ2v) is 3.67. The lowest BCUT2D eigenvalue weighted by atomic mass is 10.4. The van der Waals surface area contributed by atoms with Gasteiger partial charge in [-0.15, -0.1) is 0 Å². The van der Waals surface area contributed by atoms with E-state index in [0.29, 0.717) is 6.42 Å². The van der Waals surface area contributed by atoms with Crippen molar-refractivity contribution >= 4 is 5.91 Å². The summed E-state index contributed by atoms with van der Waals surface area (Å²) in [7, 11) is 1.66. The molecule has 0 aromatic carbocycles. The van der Waals surface area contributed by atoms with Crippen molar-refractivity contribution in [3.05, 3.63) is 0 Å². The summed E-state index contributed by atoms with van der Waals surface area (Å²) in [5.74, 6) is 0.0872. The number of hydrogen-bond donors (Lipinski definition) is 4. The Labute approximate surface area is 98.7 Å². The zero-order valence-electron chi connectivity index (χ0n) is 10.6. The maximum atomic E-state index is 10.9. The largest absolute Gasteiger partial charge is 0.359 e. The Bertz CT molecular complexity index is 164. The predicted octanol–water partition coefficient (Wildman–Crippen LogP) is -0.699. The van der Waals surface area contributed by atoms with E-state index in [9.17, 15) is 4.79 Å². The molecule has 0 saturated carbocycles. The van der Waals surface area contributed by atoms with E-state index in [0.717, 1.165) is 39.3 Å². The molecule has 0 aromatic heterocycles. The van der Waals surface area contributed by atoms with Crippen LogP contribution in [-0.4, -0.2) is 52.2 Å². The highest BCUT2D eigenvalue weighted by Crippen LogP contribution is 1.74. The molecule has 0 saturated heterocycles. The van der Waals surface area contributed by atoms with E-state index in [2.05, 4.69) is 28.2 Å². The summed E-state index contributed by atoms with van der Waals surface area (Å²) < 4.78 is 0. The lowest BCUT2D eigenvalue weighted by Gasteiger charge is -2.06. The highest BCUT2D eigenvalue weighted by Gasteiger charge is 1.95. The molecule has 0 rings (SSSR count). The molecule has 5 nitrogen and oxygen atoms in total. The Morgan fingerprint density at radius 1 is 0.875 bits per heavy atom. The molecule has 4 N–H and O–H groups in total. The maximum Gasteiger partial charge on any atom is 0.221 e. The molecule has 0 heterocycles. The fourth-order valence-electron chi connectivity index (χ4n) is 1.23. The molecule has 0 unspecified atom stereocenters. The van der Waals surface area contributed by atoms with Gasteiger partial charge in [0.05, 0.1) is 0 Å². The van der Waals surface area contributed by atoms with Crippen LogP contribution in [0.15, 0.2) is 0 Å². The summed E-state index contributed by atoms with van der Waals surface area (Å²) >= 11 is 0. The first-order valence-electron chi connectivity index (χ1n) is 6.14. The minimum absolute atomic E-state index is 0.0872. The van der Waals surface area contributed by atoms with Crippen molar-refractivity contribution in [2.24, 2.45) is 0 Å². The highest BCUT2D eigenvalue weighted by molar-refractivity contribution is 5.75. The van der Waals surface area contributed by atoms with Crippen molar-refractivity contribution in [3.63, 3.8) is 0 Å². The van der Waals surface area contributed by atoms with Gasteiger partial charge < -0.3 is 21.3 Å². The van der Waals surface area contributed by atoms with Gasteiger partial charge >= 0.3 is 0 Å². The van der Waals surface area contributed by atoms with Crippen LogP contribution < -0.4 is 21.3 Å². The van der Waals surface area contributed by atoms with Crippen LogP contribution in [0.4, 0.5) is 0 Å². The lowest BCUT2D eigenvalue weighted by Crippen LogP contribution is -2.34. The van der Waals surface area contributed by atoms with Crippen molar-refractivity contribution in [2.45, 2.75) is 19.8 Å². The van der Waals surface area contributed by atoms with Gasteiger partial charge in [-0.1, -0.05) is 6.92 Å². The molecule has 0 radical (unpaired) electrons. The first-order chi connectivity index (χ1) is 7.81. The van der Waals surface area contributed by atoms with Crippen LogP contribution in [0, 0.1) is 0 Å². The molecule has 16 heavy (non-hydrogen) atoms. The first kappa shape index (κ1) is 15.3. The summed E-state index contributed by atoms with van der Waals surface area (Å²) in [6.07, 6.45) is 1.73. The molecule has 0 aliphatic carbocycles. The SMILES string of the molecule is CCCNCCNCCNCCC(=O)NC. The molecule has 1 amide bonds. The third kappa shape index (κ3) is 11.4. The van der Waals surface area contributed by atoms with E-state index >= 15 is 0 Å². The molecule has 0 aliphatic rings. The van der Waals surface area contributed by atoms with Gasteiger partial charge in [-0.2, -0.15) is 0 Å². The van der Waals surface area contributed by atoms with Gasteiger partial charge in [0.15, 0.2) is 0 Å². The third-order valence-corrected chi connectivity index (χ3v) is 2.19. The van der Waals surface area contributed by atoms with Crippen molar-refractivity contribution in [2.75, 3.05) is 46.3 Å². The average molecular weight is 230 g/mol. The van der Waals surface area contributed by atoms with Crippen LogP contribution in [0.2, 0.25) is 0 Å². The summed E-state index contributed by atoms with van der Waals surface area (Å²) in [4.78, 5) is 10.9. The smallest absolute Gasteiger partial charge is 0.221 e. The molecular weight excluding hydrogens is 204 g/mol. The zero-order valence-corrected chi connectivity index (χ0v) is 10.6. The zero-order chi connectivity index (χ0) is 12.1. The summed E-state index contributed by atoms with van der Waals surface area (Å²) in [5, 5.41) is 12.4. The number of carbonyl (C=O) groups excluding carboxylic acids is 1. The number of rotatable bonds is 11. The van der Waals surface area contributed by atoms with Crippen LogP contribution in [0.1, 0.15) is 19.8 Å². The minimum Gasteiger partial charge on any atom is -0.359 e. The topological polar surface area (TPSA) is 65.2 Å². The lowest BCUT2D eigenvalue weighted by molar-refractivity contribution is -0.120. The molecule has 0 fully saturated rings. The molecule has 0 bridgehead atoms. The van der Waals surface area contributed by atoms with Crippen LogP contribution in [0.3, 0.4) is 0 Å². The molecule has 0 aliphatic heterocycles. The molecular formula is C11H26N4O. The van der Waals surface area contributed by atoms with Gasteiger partial charge in [0, 0.05) is 46.2 Å². The number of carbonyl (C=O) groups is 1. The Hall–Kier alpha value is -0.650. The number of hydrogen-bond acceptors (Lipinski definition) is 4. The van der Waals surface area contributed by atoms with E-state index in [1.807, 2.05) is 0 Å². The molecule has 0 aromatic rings. The fourth-order valence-corrected chi connectivity index (χ4v) is 1.23. The monoisotopic (exact) mass is 230 g/mol. The quantitative estimate of drug-likeness (QED) is 0.355. The van der Waals surface area contributed by atoms with Crippen molar-refractivity contribution < 1.29 is 4.79 Å².